The molecule has 0 aliphatic carbocycles. The minimum absolute atomic E-state index is 0.00285. The Morgan fingerprint density at radius 3 is 2.30 bits per heavy atom. The minimum atomic E-state index is 0.00285. The van der Waals surface area contributed by atoms with E-state index in [4.69, 9.17) is 4.74 Å². The number of thioether (sulfide) groups is 2. The van der Waals surface area contributed by atoms with Crippen LogP contribution < -0.4 is 4.74 Å². The second-order valence-corrected chi connectivity index (χ2v) is 5.72. The Morgan fingerprint density at radius 1 is 1.10 bits per heavy atom. The van der Waals surface area contributed by atoms with Crippen LogP contribution in [0.4, 0.5) is 0 Å². The molecule has 0 unspecified atom stereocenters. The van der Waals surface area contributed by atoms with Gasteiger partial charge in [-0.2, -0.15) is 0 Å². The predicted molar refractivity (Wildman–Crippen MR) is 91.3 cm³/mol. The summed E-state index contributed by atoms with van der Waals surface area (Å²) in [6, 6.07) is 7.73. The second kappa shape index (κ2) is 9.50. The number of rotatable bonds is 7. The van der Waals surface area contributed by atoms with Gasteiger partial charge in [0, 0.05) is 10.3 Å². The van der Waals surface area contributed by atoms with Gasteiger partial charge in [-0.3, -0.25) is 4.79 Å². The summed E-state index contributed by atoms with van der Waals surface area (Å²) in [6.07, 6.45) is 12.7. The van der Waals surface area contributed by atoms with Crippen LogP contribution in [0.2, 0.25) is 0 Å². The predicted octanol–water partition coefficient (Wildman–Crippen LogP) is 4.40. The lowest BCUT2D eigenvalue weighted by Gasteiger charge is -1.98. The molecular formula is C16H18O2S2. The molecule has 0 spiro atoms. The van der Waals surface area contributed by atoms with Gasteiger partial charge in [-0.05, 0) is 36.3 Å². The van der Waals surface area contributed by atoms with Gasteiger partial charge in [-0.1, -0.05) is 30.4 Å². The number of carbonyl (C=O) groups excluding carboxylic acids is 1. The van der Waals surface area contributed by atoms with E-state index in [2.05, 4.69) is 0 Å². The number of hydrogen-bond acceptors (Lipinski definition) is 4. The van der Waals surface area contributed by atoms with Gasteiger partial charge in [0.2, 0.25) is 0 Å². The largest absolute Gasteiger partial charge is 0.497 e. The van der Waals surface area contributed by atoms with Gasteiger partial charge in [-0.15, -0.1) is 23.5 Å². The van der Waals surface area contributed by atoms with Crippen molar-refractivity contribution in [3.8, 4) is 5.75 Å². The third-order valence-electron chi connectivity index (χ3n) is 2.44. The molecule has 1 aromatic carbocycles. The van der Waals surface area contributed by atoms with E-state index in [9.17, 15) is 4.79 Å². The highest BCUT2D eigenvalue weighted by molar-refractivity contribution is 8.21. The molecule has 20 heavy (non-hydrogen) atoms. The van der Waals surface area contributed by atoms with E-state index in [1.165, 1.54) is 0 Å². The highest BCUT2D eigenvalue weighted by atomic mass is 32.2. The van der Waals surface area contributed by atoms with E-state index >= 15 is 0 Å². The first kappa shape index (κ1) is 16.7. The molecule has 0 aliphatic heterocycles. The zero-order chi connectivity index (χ0) is 14.8. The Morgan fingerprint density at radius 2 is 1.75 bits per heavy atom. The summed E-state index contributed by atoms with van der Waals surface area (Å²) in [5.74, 6) is 0.836. The standard InChI is InChI=1S/C16H18O2S2/c1-18-15-10-8-13(9-11-15)6-4-5-7-14(17)12-16(19-2)20-3/h4-12H,1-3H3. The molecule has 1 aromatic rings. The molecule has 0 N–H and O–H groups in total. The van der Waals surface area contributed by atoms with Crippen molar-refractivity contribution in [2.24, 2.45) is 0 Å². The fourth-order valence-corrected chi connectivity index (χ4v) is 2.53. The smallest absolute Gasteiger partial charge is 0.180 e. The molecule has 0 saturated carbocycles. The number of ether oxygens (including phenoxy) is 1. The number of hydrogen-bond donors (Lipinski definition) is 0. The molecule has 0 bridgehead atoms. The lowest BCUT2D eigenvalue weighted by atomic mass is 10.2. The molecule has 106 valence electrons. The van der Waals surface area contributed by atoms with E-state index < -0.39 is 0 Å². The maximum absolute atomic E-state index is 11.6. The number of allylic oxidation sites excluding steroid dienone is 4. The van der Waals surface area contributed by atoms with Crippen molar-refractivity contribution in [1.82, 2.24) is 0 Å². The molecule has 0 atom stereocenters. The van der Waals surface area contributed by atoms with Crippen molar-refractivity contribution in [2.75, 3.05) is 19.6 Å². The molecular weight excluding hydrogens is 288 g/mol. The Balaban J connectivity index is 2.56. The van der Waals surface area contributed by atoms with Crippen molar-refractivity contribution >= 4 is 35.4 Å². The quantitative estimate of drug-likeness (QED) is 0.551. The monoisotopic (exact) mass is 306 g/mol. The van der Waals surface area contributed by atoms with Gasteiger partial charge in [0.25, 0.3) is 0 Å². The fourth-order valence-electron chi connectivity index (χ4n) is 1.40. The van der Waals surface area contributed by atoms with Crippen LogP contribution in [0.3, 0.4) is 0 Å². The molecule has 0 heterocycles. The highest BCUT2D eigenvalue weighted by Crippen LogP contribution is 2.22. The summed E-state index contributed by atoms with van der Waals surface area (Å²) in [5, 5.41) is 0. The van der Waals surface area contributed by atoms with Crippen molar-refractivity contribution < 1.29 is 9.53 Å². The zero-order valence-corrected chi connectivity index (χ0v) is 13.5. The molecule has 0 fully saturated rings. The SMILES string of the molecule is COc1ccc(C=CC=CC(=O)C=C(SC)SC)cc1. The van der Waals surface area contributed by atoms with Gasteiger partial charge in [0.05, 0.1) is 7.11 Å². The normalized spacial score (nSPS) is 10.9. The molecule has 1 rings (SSSR count). The number of methoxy groups -OCH3 is 1. The first-order valence-electron chi connectivity index (χ1n) is 6.02. The first-order valence-corrected chi connectivity index (χ1v) is 8.47. The number of benzene rings is 1. The summed E-state index contributed by atoms with van der Waals surface area (Å²) in [4.78, 5) is 11.6. The van der Waals surface area contributed by atoms with Gasteiger partial charge in [-0.25, -0.2) is 0 Å². The Kier molecular flexibility index (Phi) is 7.92. The Hall–Kier alpha value is -1.39. The van der Waals surface area contributed by atoms with Crippen molar-refractivity contribution in [3.63, 3.8) is 0 Å². The van der Waals surface area contributed by atoms with Crippen LogP contribution in [0.25, 0.3) is 6.08 Å². The molecule has 0 amide bonds. The van der Waals surface area contributed by atoms with Crippen LogP contribution in [-0.2, 0) is 4.79 Å². The first-order chi connectivity index (χ1) is 9.69. The van der Waals surface area contributed by atoms with E-state index in [-0.39, 0.29) is 5.78 Å². The lowest BCUT2D eigenvalue weighted by molar-refractivity contribution is -0.110. The van der Waals surface area contributed by atoms with Gasteiger partial charge < -0.3 is 4.74 Å². The average molecular weight is 306 g/mol. The van der Waals surface area contributed by atoms with E-state index in [1.807, 2.05) is 48.9 Å². The highest BCUT2D eigenvalue weighted by Gasteiger charge is 1.95. The van der Waals surface area contributed by atoms with Crippen molar-refractivity contribution in [2.45, 2.75) is 0 Å². The molecule has 0 aromatic heterocycles. The average Bonchev–Trinajstić information content (AvgIpc) is 2.49. The molecule has 0 radical (unpaired) electrons. The van der Waals surface area contributed by atoms with Crippen LogP contribution in [0.5, 0.6) is 5.75 Å². The fraction of sp³-hybridized carbons (Fsp3) is 0.188. The maximum atomic E-state index is 11.6. The molecule has 0 aliphatic rings. The summed E-state index contributed by atoms with van der Waals surface area (Å²) in [7, 11) is 1.64. The van der Waals surface area contributed by atoms with Gasteiger partial charge in [0.1, 0.15) is 5.75 Å². The van der Waals surface area contributed by atoms with Gasteiger partial charge >= 0.3 is 0 Å². The van der Waals surface area contributed by atoms with E-state index in [1.54, 1.807) is 48.9 Å². The summed E-state index contributed by atoms with van der Waals surface area (Å²) in [6.45, 7) is 0. The Bertz CT molecular complexity index is 508. The van der Waals surface area contributed by atoms with Crippen LogP contribution in [0, 0.1) is 0 Å². The van der Waals surface area contributed by atoms with Crippen molar-refractivity contribution in [3.05, 3.63) is 58.4 Å². The maximum Gasteiger partial charge on any atom is 0.180 e. The van der Waals surface area contributed by atoms with Crippen LogP contribution in [0.1, 0.15) is 5.56 Å². The van der Waals surface area contributed by atoms with E-state index in [0.29, 0.717) is 0 Å². The summed E-state index contributed by atoms with van der Waals surface area (Å²) in [5.41, 5.74) is 1.06. The third-order valence-corrected chi connectivity index (χ3v) is 4.48. The zero-order valence-electron chi connectivity index (χ0n) is 11.8. The summed E-state index contributed by atoms with van der Waals surface area (Å²) < 4.78 is 6.10. The van der Waals surface area contributed by atoms with Crippen LogP contribution in [-0.4, -0.2) is 25.4 Å². The molecule has 0 saturated heterocycles. The second-order valence-electron chi connectivity index (χ2n) is 3.77. The van der Waals surface area contributed by atoms with E-state index in [0.717, 1.165) is 15.6 Å². The lowest BCUT2D eigenvalue weighted by Crippen LogP contribution is -1.85. The molecule has 2 nitrogen and oxygen atoms in total. The Labute approximate surface area is 129 Å². The number of ketones is 1. The van der Waals surface area contributed by atoms with Crippen molar-refractivity contribution in [1.29, 1.82) is 0 Å². The molecule has 4 heteroatoms. The minimum Gasteiger partial charge on any atom is -0.497 e. The third kappa shape index (κ3) is 6.17. The summed E-state index contributed by atoms with van der Waals surface area (Å²) >= 11 is 3.15. The topological polar surface area (TPSA) is 26.3 Å². The van der Waals surface area contributed by atoms with Crippen LogP contribution >= 0.6 is 23.5 Å². The number of carbonyl (C=O) groups is 1. The van der Waals surface area contributed by atoms with Crippen LogP contribution in [0.15, 0.2) is 52.8 Å². The van der Waals surface area contributed by atoms with Gasteiger partial charge in [0.15, 0.2) is 5.78 Å².